The molecular weight excluding hydrogens is 200 g/mol. The summed E-state index contributed by atoms with van der Waals surface area (Å²) < 4.78 is 4.66. The van der Waals surface area contributed by atoms with Crippen molar-refractivity contribution in [3.8, 4) is 0 Å². The van der Waals surface area contributed by atoms with Gasteiger partial charge in [-0.3, -0.25) is 0 Å². The standard InChI is InChI=1S/C11H9ClO2/c1-14-11(13)9-4-7-2-3-10(12)6-8(7)5-9/h2-4,6H,5H2,1H3. The van der Waals surface area contributed by atoms with Gasteiger partial charge in [-0.15, -0.1) is 0 Å². The molecule has 0 saturated carbocycles. The van der Waals surface area contributed by atoms with Crippen molar-refractivity contribution in [2.24, 2.45) is 0 Å². The minimum atomic E-state index is -0.266. The van der Waals surface area contributed by atoms with Crippen LogP contribution in [0.2, 0.25) is 5.02 Å². The molecule has 0 unspecified atom stereocenters. The van der Waals surface area contributed by atoms with Crippen LogP contribution >= 0.6 is 11.6 Å². The number of hydrogen-bond donors (Lipinski definition) is 0. The van der Waals surface area contributed by atoms with Crippen molar-refractivity contribution >= 4 is 23.6 Å². The number of ether oxygens (including phenoxy) is 1. The number of benzene rings is 1. The van der Waals surface area contributed by atoms with E-state index in [1.807, 2.05) is 24.3 Å². The summed E-state index contributed by atoms with van der Waals surface area (Å²) in [7, 11) is 1.39. The number of carbonyl (C=O) groups excluding carboxylic acids is 1. The lowest BCUT2D eigenvalue weighted by Gasteiger charge is -1.99. The molecule has 0 spiro atoms. The molecule has 0 amide bonds. The molecule has 3 heteroatoms. The van der Waals surface area contributed by atoms with Gasteiger partial charge in [-0.05, 0) is 29.3 Å². The smallest absolute Gasteiger partial charge is 0.334 e. The fourth-order valence-corrected chi connectivity index (χ4v) is 1.77. The Balaban J connectivity index is 2.32. The van der Waals surface area contributed by atoms with Gasteiger partial charge in [-0.2, -0.15) is 0 Å². The van der Waals surface area contributed by atoms with E-state index in [0.717, 1.165) is 11.1 Å². The maximum atomic E-state index is 11.2. The lowest BCUT2D eigenvalue weighted by atomic mass is 10.1. The van der Waals surface area contributed by atoms with Gasteiger partial charge >= 0.3 is 5.97 Å². The molecule has 1 aromatic carbocycles. The Bertz CT molecular complexity index is 421. The minimum absolute atomic E-state index is 0.266. The highest BCUT2D eigenvalue weighted by atomic mass is 35.5. The van der Waals surface area contributed by atoms with Crippen molar-refractivity contribution < 1.29 is 9.53 Å². The highest BCUT2D eigenvalue weighted by Gasteiger charge is 2.18. The third-order valence-electron chi connectivity index (χ3n) is 2.26. The Hall–Kier alpha value is -1.28. The lowest BCUT2D eigenvalue weighted by Crippen LogP contribution is -2.03. The van der Waals surface area contributed by atoms with Gasteiger partial charge in [-0.1, -0.05) is 17.7 Å². The fraction of sp³-hybridized carbons (Fsp3) is 0.182. The third kappa shape index (κ3) is 1.53. The van der Waals surface area contributed by atoms with Crippen LogP contribution in [0.1, 0.15) is 11.1 Å². The molecule has 0 saturated heterocycles. The average Bonchev–Trinajstić information content (AvgIpc) is 2.59. The number of fused-ring (bicyclic) bond motifs is 1. The largest absolute Gasteiger partial charge is 0.466 e. The maximum absolute atomic E-state index is 11.2. The highest BCUT2D eigenvalue weighted by Crippen LogP contribution is 2.27. The predicted octanol–water partition coefficient (Wildman–Crippen LogP) is 2.45. The first-order valence-corrected chi connectivity index (χ1v) is 4.66. The van der Waals surface area contributed by atoms with E-state index in [1.54, 1.807) is 0 Å². The predicted molar refractivity (Wildman–Crippen MR) is 55.1 cm³/mol. The molecule has 72 valence electrons. The van der Waals surface area contributed by atoms with E-state index in [1.165, 1.54) is 7.11 Å². The van der Waals surface area contributed by atoms with E-state index in [4.69, 9.17) is 11.6 Å². The van der Waals surface area contributed by atoms with E-state index >= 15 is 0 Å². The number of esters is 1. The van der Waals surface area contributed by atoms with Crippen LogP contribution in [0.15, 0.2) is 23.8 Å². The first-order valence-electron chi connectivity index (χ1n) is 4.28. The van der Waals surface area contributed by atoms with Crippen LogP contribution in [0.5, 0.6) is 0 Å². The van der Waals surface area contributed by atoms with E-state index in [-0.39, 0.29) is 5.97 Å². The molecule has 0 N–H and O–H groups in total. The topological polar surface area (TPSA) is 26.3 Å². The fourth-order valence-electron chi connectivity index (χ4n) is 1.57. The van der Waals surface area contributed by atoms with Gasteiger partial charge in [0.15, 0.2) is 0 Å². The van der Waals surface area contributed by atoms with Gasteiger partial charge < -0.3 is 4.74 Å². The first-order chi connectivity index (χ1) is 6.70. The van der Waals surface area contributed by atoms with Gasteiger partial charge in [0.1, 0.15) is 0 Å². The zero-order valence-corrected chi connectivity index (χ0v) is 8.47. The molecule has 0 aliphatic heterocycles. The second kappa shape index (κ2) is 3.46. The summed E-state index contributed by atoms with van der Waals surface area (Å²) in [5.41, 5.74) is 2.82. The number of carbonyl (C=O) groups is 1. The second-order valence-electron chi connectivity index (χ2n) is 3.18. The molecule has 1 aromatic rings. The lowest BCUT2D eigenvalue weighted by molar-refractivity contribution is -0.136. The van der Waals surface area contributed by atoms with Crippen LogP contribution in [0.3, 0.4) is 0 Å². The quantitative estimate of drug-likeness (QED) is 0.663. The van der Waals surface area contributed by atoms with Crippen molar-refractivity contribution in [1.29, 1.82) is 0 Å². The number of hydrogen-bond acceptors (Lipinski definition) is 2. The third-order valence-corrected chi connectivity index (χ3v) is 2.50. The number of methoxy groups -OCH3 is 1. The van der Waals surface area contributed by atoms with Gasteiger partial charge in [0, 0.05) is 17.0 Å². The van der Waals surface area contributed by atoms with Crippen LogP contribution < -0.4 is 0 Å². The molecule has 1 aliphatic rings. The van der Waals surface area contributed by atoms with E-state index in [2.05, 4.69) is 4.74 Å². The Labute approximate surface area is 87.1 Å². The zero-order valence-electron chi connectivity index (χ0n) is 7.71. The van der Waals surface area contributed by atoms with E-state index < -0.39 is 0 Å². The minimum Gasteiger partial charge on any atom is -0.466 e. The molecule has 1 aliphatic carbocycles. The number of halogens is 1. The summed E-state index contributed by atoms with van der Waals surface area (Å²) in [6, 6.07) is 5.61. The van der Waals surface area contributed by atoms with Crippen LogP contribution in [-0.4, -0.2) is 13.1 Å². The van der Waals surface area contributed by atoms with Crippen molar-refractivity contribution in [2.75, 3.05) is 7.11 Å². The summed E-state index contributed by atoms with van der Waals surface area (Å²) in [4.78, 5) is 11.2. The molecule has 0 atom stereocenters. The Morgan fingerprint density at radius 3 is 3.00 bits per heavy atom. The van der Waals surface area contributed by atoms with Crippen molar-refractivity contribution in [1.82, 2.24) is 0 Å². The second-order valence-corrected chi connectivity index (χ2v) is 3.62. The molecule has 0 fully saturated rings. The van der Waals surface area contributed by atoms with Gasteiger partial charge in [0.25, 0.3) is 0 Å². The van der Waals surface area contributed by atoms with Crippen LogP contribution in [0.4, 0.5) is 0 Å². The monoisotopic (exact) mass is 208 g/mol. The summed E-state index contributed by atoms with van der Waals surface area (Å²) in [5, 5.41) is 0.697. The Kier molecular flexibility index (Phi) is 2.30. The van der Waals surface area contributed by atoms with Crippen LogP contribution in [-0.2, 0) is 16.0 Å². The average molecular weight is 209 g/mol. The summed E-state index contributed by atoms with van der Waals surface area (Å²) >= 11 is 5.85. The number of rotatable bonds is 1. The van der Waals surface area contributed by atoms with Gasteiger partial charge in [0.05, 0.1) is 7.11 Å². The summed E-state index contributed by atoms with van der Waals surface area (Å²) in [6.07, 6.45) is 2.46. The molecule has 14 heavy (non-hydrogen) atoms. The van der Waals surface area contributed by atoms with Gasteiger partial charge in [-0.25, -0.2) is 4.79 Å². The van der Waals surface area contributed by atoms with Crippen molar-refractivity contribution in [3.05, 3.63) is 39.9 Å². The summed E-state index contributed by atoms with van der Waals surface area (Å²) in [6.45, 7) is 0. The Morgan fingerprint density at radius 1 is 1.50 bits per heavy atom. The summed E-state index contributed by atoms with van der Waals surface area (Å²) in [5.74, 6) is -0.266. The zero-order chi connectivity index (χ0) is 10.1. The van der Waals surface area contributed by atoms with Crippen LogP contribution in [0.25, 0.3) is 6.08 Å². The normalized spacial score (nSPS) is 13.4. The molecule has 2 nitrogen and oxygen atoms in total. The molecule has 0 radical (unpaired) electrons. The van der Waals surface area contributed by atoms with Crippen molar-refractivity contribution in [3.63, 3.8) is 0 Å². The molecule has 2 rings (SSSR count). The molecular formula is C11H9ClO2. The van der Waals surface area contributed by atoms with Crippen molar-refractivity contribution in [2.45, 2.75) is 6.42 Å². The molecule has 0 aromatic heterocycles. The SMILES string of the molecule is COC(=O)C1=Cc2ccc(Cl)cc2C1. The highest BCUT2D eigenvalue weighted by molar-refractivity contribution is 6.30. The van der Waals surface area contributed by atoms with E-state index in [9.17, 15) is 4.79 Å². The maximum Gasteiger partial charge on any atom is 0.334 e. The molecule has 0 bridgehead atoms. The molecule has 0 heterocycles. The van der Waals surface area contributed by atoms with Crippen LogP contribution in [0, 0.1) is 0 Å². The first kappa shape index (κ1) is 9.28. The Morgan fingerprint density at radius 2 is 2.29 bits per heavy atom. The van der Waals surface area contributed by atoms with E-state index in [0.29, 0.717) is 17.0 Å². The van der Waals surface area contributed by atoms with Gasteiger partial charge in [0.2, 0.25) is 0 Å².